The van der Waals surface area contributed by atoms with Crippen molar-refractivity contribution in [3.05, 3.63) is 16.1 Å². The molecule has 2 fully saturated rings. The fourth-order valence-corrected chi connectivity index (χ4v) is 3.56. The van der Waals surface area contributed by atoms with Crippen LogP contribution in [0.2, 0.25) is 0 Å². The number of halogens is 3. The van der Waals surface area contributed by atoms with Gasteiger partial charge in [0, 0.05) is 38.1 Å². The summed E-state index contributed by atoms with van der Waals surface area (Å²) >= 11 is 0.567. The van der Waals surface area contributed by atoms with Gasteiger partial charge in [-0.25, -0.2) is 9.78 Å². The molecule has 10 heteroatoms. The molecule has 3 heterocycles. The van der Waals surface area contributed by atoms with Crippen molar-refractivity contribution >= 4 is 23.3 Å². The van der Waals surface area contributed by atoms with Gasteiger partial charge in [-0.3, -0.25) is 14.6 Å². The fraction of sp³-hybridized carbons (Fsp3) is 0.615. The van der Waals surface area contributed by atoms with E-state index < -0.39 is 17.2 Å². The van der Waals surface area contributed by atoms with Gasteiger partial charge in [0.05, 0.1) is 5.69 Å². The molecule has 1 aromatic rings. The molecule has 0 aromatic carbocycles. The van der Waals surface area contributed by atoms with Gasteiger partial charge in [-0.05, 0) is 6.92 Å². The molecule has 0 N–H and O–H groups in total. The summed E-state index contributed by atoms with van der Waals surface area (Å²) in [5.74, 6) is -0.239. The normalized spacial score (nSPS) is 22.9. The number of urea groups is 1. The minimum absolute atomic E-state index is 0.239. The smallest absolute Gasteiger partial charge is 0.310 e. The maximum Gasteiger partial charge on any atom is 0.443 e. The molecular formula is C13H15F3N4O2S. The Morgan fingerprint density at radius 2 is 2.09 bits per heavy atom. The zero-order chi connectivity index (χ0) is 16.8. The van der Waals surface area contributed by atoms with E-state index in [9.17, 15) is 22.8 Å². The van der Waals surface area contributed by atoms with E-state index in [1.54, 1.807) is 6.92 Å². The van der Waals surface area contributed by atoms with Crippen molar-refractivity contribution in [1.82, 2.24) is 19.7 Å². The Hall–Kier alpha value is -1.68. The van der Waals surface area contributed by atoms with Crippen LogP contribution in [0, 0.1) is 0 Å². The molecule has 2 saturated heterocycles. The molecule has 0 aliphatic carbocycles. The summed E-state index contributed by atoms with van der Waals surface area (Å²) in [5, 5.41) is 0.519. The van der Waals surface area contributed by atoms with Crippen molar-refractivity contribution in [2.75, 3.05) is 26.2 Å². The minimum Gasteiger partial charge on any atom is -0.310 e. The second-order valence-corrected chi connectivity index (χ2v) is 6.31. The number of likely N-dealkylation sites (N-methyl/N-ethyl adjacent to an activating group) is 1. The van der Waals surface area contributed by atoms with Gasteiger partial charge >= 0.3 is 12.2 Å². The van der Waals surface area contributed by atoms with E-state index in [4.69, 9.17) is 0 Å². The Morgan fingerprint density at radius 1 is 1.35 bits per heavy atom. The molecule has 126 valence electrons. The number of aromatic nitrogens is 1. The van der Waals surface area contributed by atoms with E-state index in [0.717, 1.165) is 0 Å². The van der Waals surface area contributed by atoms with Crippen LogP contribution < -0.4 is 0 Å². The number of thiazole rings is 1. The number of hydrogen-bond donors (Lipinski definition) is 0. The Labute approximate surface area is 134 Å². The first kappa shape index (κ1) is 16.2. The van der Waals surface area contributed by atoms with Crippen molar-refractivity contribution in [2.45, 2.75) is 25.7 Å². The molecule has 6 nitrogen and oxygen atoms in total. The lowest BCUT2D eigenvalue weighted by atomic mass is 10.2. The molecule has 1 unspecified atom stereocenters. The van der Waals surface area contributed by atoms with Gasteiger partial charge in [-0.2, -0.15) is 13.2 Å². The number of fused-ring (bicyclic) bond motifs is 1. The van der Waals surface area contributed by atoms with Crippen molar-refractivity contribution in [1.29, 1.82) is 0 Å². The van der Waals surface area contributed by atoms with Crippen LogP contribution in [0.4, 0.5) is 18.0 Å². The lowest BCUT2D eigenvalue weighted by Crippen LogP contribution is -2.52. The number of imide groups is 1. The van der Waals surface area contributed by atoms with Gasteiger partial charge in [0.2, 0.25) is 0 Å². The third-order valence-corrected chi connectivity index (χ3v) is 4.92. The molecule has 3 rings (SSSR count). The van der Waals surface area contributed by atoms with Crippen LogP contribution in [0.5, 0.6) is 0 Å². The largest absolute Gasteiger partial charge is 0.443 e. The summed E-state index contributed by atoms with van der Waals surface area (Å²) in [6.07, 6.45) is -4.43. The van der Waals surface area contributed by atoms with Crippen LogP contribution in [0.15, 0.2) is 5.38 Å². The molecule has 0 saturated carbocycles. The summed E-state index contributed by atoms with van der Waals surface area (Å²) in [7, 11) is 0. The van der Waals surface area contributed by atoms with Crippen LogP contribution in [0.25, 0.3) is 0 Å². The number of piperazine rings is 1. The number of carbonyl (C=O) groups excluding carboxylic acids is 2. The van der Waals surface area contributed by atoms with Crippen LogP contribution in [0.3, 0.4) is 0 Å². The third-order valence-electron chi connectivity index (χ3n) is 3.99. The van der Waals surface area contributed by atoms with Gasteiger partial charge in [-0.1, -0.05) is 0 Å². The molecule has 1 aromatic heterocycles. The van der Waals surface area contributed by atoms with Gasteiger partial charge in [-0.15, -0.1) is 11.3 Å². The van der Waals surface area contributed by atoms with E-state index >= 15 is 0 Å². The number of carbonyl (C=O) groups is 2. The molecule has 3 amide bonds. The highest BCUT2D eigenvalue weighted by atomic mass is 32.1. The maximum atomic E-state index is 12.6. The Morgan fingerprint density at radius 3 is 2.70 bits per heavy atom. The summed E-state index contributed by atoms with van der Waals surface area (Å²) in [6.45, 7) is 3.52. The van der Waals surface area contributed by atoms with E-state index in [2.05, 4.69) is 4.98 Å². The highest BCUT2D eigenvalue weighted by molar-refractivity contribution is 7.09. The highest BCUT2D eigenvalue weighted by Gasteiger charge is 2.46. The molecule has 0 radical (unpaired) electrons. The molecular weight excluding hydrogens is 333 g/mol. The van der Waals surface area contributed by atoms with Crippen molar-refractivity contribution in [2.24, 2.45) is 0 Å². The van der Waals surface area contributed by atoms with Crippen LogP contribution in [0.1, 0.15) is 17.6 Å². The van der Waals surface area contributed by atoms with Crippen molar-refractivity contribution in [3.63, 3.8) is 0 Å². The zero-order valence-corrected chi connectivity index (χ0v) is 13.2. The molecule has 2 aliphatic rings. The second kappa shape index (κ2) is 5.75. The highest BCUT2D eigenvalue weighted by Crippen LogP contribution is 2.32. The van der Waals surface area contributed by atoms with Crippen LogP contribution in [-0.2, 0) is 17.5 Å². The number of amides is 3. The topological polar surface area (TPSA) is 56.8 Å². The molecule has 23 heavy (non-hydrogen) atoms. The zero-order valence-electron chi connectivity index (χ0n) is 12.3. The van der Waals surface area contributed by atoms with E-state index in [1.165, 1.54) is 15.2 Å². The Balaban J connectivity index is 1.67. The molecule has 0 spiro atoms. The quantitative estimate of drug-likeness (QED) is 0.779. The predicted octanol–water partition coefficient (Wildman–Crippen LogP) is 1.63. The third kappa shape index (κ3) is 2.92. The lowest BCUT2D eigenvalue weighted by molar-refractivity contribution is -0.137. The Kier molecular flexibility index (Phi) is 4.05. The number of rotatable bonds is 3. The van der Waals surface area contributed by atoms with E-state index in [-0.39, 0.29) is 18.5 Å². The van der Waals surface area contributed by atoms with Gasteiger partial charge in [0.25, 0.3) is 5.91 Å². The van der Waals surface area contributed by atoms with Crippen LogP contribution >= 0.6 is 11.3 Å². The van der Waals surface area contributed by atoms with E-state index in [0.29, 0.717) is 43.2 Å². The van der Waals surface area contributed by atoms with Gasteiger partial charge in [0.15, 0.2) is 5.01 Å². The maximum absolute atomic E-state index is 12.6. The second-order valence-electron chi connectivity index (χ2n) is 5.45. The summed E-state index contributed by atoms with van der Waals surface area (Å²) in [5.41, 5.74) is 0.333. The summed E-state index contributed by atoms with van der Waals surface area (Å²) < 4.78 is 37.7. The fourth-order valence-electron chi connectivity index (χ4n) is 2.88. The first-order chi connectivity index (χ1) is 10.8. The van der Waals surface area contributed by atoms with Crippen molar-refractivity contribution < 1.29 is 22.8 Å². The molecule has 2 aliphatic heterocycles. The average Bonchev–Trinajstić information content (AvgIpc) is 3.04. The number of nitrogens with zero attached hydrogens (tertiary/aromatic N) is 4. The minimum atomic E-state index is -4.43. The standard InChI is InChI=1S/C13H15F3N4O2S/c1-2-19-10(21)9-6-18(3-4-20(9)12(19)22)5-8-7-23-11(17-8)13(14,15)16/h7,9H,2-6H2,1H3. The monoisotopic (exact) mass is 348 g/mol. The number of hydrogen-bond acceptors (Lipinski definition) is 5. The first-order valence-electron chi connectivity index (χ1n) is 7.17. The van der Waals surface area contributed by atoms with Gasteiger partial charge < -0.3 is 4.90 Å². The predicted molar refractivity (Wildman–Crippen MR) is 75.7 cm³/mol. The summed E-state index contributed by atoms with van der Waals surface area (Å²) in [6, 6.07) is -0.827. The Bertz CT molecular complexity index is 633. The average molecular weight is 348 g/mol. The molecule has 1 atom stereocenters. The van der Waals surface area contributed by atoms with Crippen LogP contribution in [-0.4, -0.2) is 63.8 Å². The first-order valence-corrected chi connectivity index (χ1v) is 8.05. The SMILES string of the molecule is CCN1C(=O)C2CN(Cc3csc(C(F)(F)F)n3)CCN2C1=O. The summed E-state index contributed by atoms with van der Waals surface area (Å²) in [4.78, 5) is 32.4. The van der Waals surface area contributed by atoms with Gasteiger partial charge in [0.1, 0.15) is 6.04 Å². The molecule has 0 bridgehead atoms. The number of alkyl halides is 3. The van der Waals surface area contributed by atoms with Crippen molar-refractivity contribution in [3.8, 4) is 0 Å². The van der Waals surface area contributed by atoms with E-state index in [1.807, 2.05) is 4.90 Å². The lowest BCUT2D eigenvalue weighted by Gasteiger charge is -2.34.